The van der Waals surface area contributed by atoms with Gasteiger partial charge in [-0.15, -0.1) is 0 Å². The fourth-order valence-corrected chi connectivity index (χ4v) is 2.59. The third-order valence-electron chi connectivity index (χ3n) is 3.47. The lowest BCUT2D eigenvalue weighted by Crippen LogP contribution is -2.15. The Morgan fingerprint density at radius 2 is 2.10 bits per heavy atom. The molecule has 3 rings (SSSR count). The van der Waals surface area contributed by atoms with Crippen molar-refractivity contribution in [2.75, 3.05) is 17.2 Å². The Morgan fingerprint density at radius 1 is 1.24 bits per heavy atom. The van der Waals surface area contributed by atoms with Crippen molar-refractivity contribution in [2.45, 2.75) is 12.8 Å². The molecule has 0 spiro atoms. The lowest BCUT2D eigenvalue weighted by molar-refractivity contribution is 0.102. The molecule has 0 aliphatic carbocycles. The van der Waals surface area contributed by atoms with E-state index in [1.807, 2.05) is 12.1 Å². The Kier molecular flexibility index (Phi) is 3.80. The van der Waals surface area contributed by atoms with E-state index >= 15 is 0 Å². The summed E-state index contributed by atoms with van der Waals surface area (Å²) in [5, 5.41) is 6.34. The summed E-state index contributed by atoms with van der Waals surface area (Å²) in [7, 11) is 0. The highest BCUT2D eigenvalue weighted by molar-refractivity contribution is 6.31. The number of anilines is 2. The van der Waals surface area contributed by atoms with Crippen molar-refractivity contribution in [3.8, 4) is 0 Å². The summed E-state index contributed by atoms with van der Waals surface area (Å²) in [6.07, 6.45) is 2.03. The monoisotopic (exact) mass is 304 g/mol. The number of benzene rings is 2. The predicted molar refractivity (Wildman–Crippen MR) is 82.6 cm³/mol. The summed E-state index contributed by atoms with van der Waals surface area (Å²) in [5.41, 5.74) is 2.85. The smallest absolute Gasteiger partial charge is 0.258 e. The van der Waals surface area contributed by atoms with Crippen molar-refractivity contribution in [3.63, 3.8) is 0 Å². The van der Waals surface area contributed by atoms with Crippen molar-refractivity contribution in [2.24, 2.45) is 0 Å². The highest BCUT2D eigenvalue weighted by Gasteiger charge is 2.14. The molecule has 0 aromatic heterocycles. The molecule has 0 unspecified atom stereocenters. The maximum Gasteiger partial charge on any atom is 0.258 e. The van der Waals surface area contributed by atoms with Crippen LogP contribution >= 0.6 is 11.6 Å². The van der Waals surface area contributed by atoms with Gasteiger partial charge in [-0.2, -0.15) is 0 Å². The molecule has 3 nitrogen and oxygen atoms in total. The van der Waals surface area contributed by atoms with Crippen LogP contribution in [0.1, 0.15) is 22.3 Å². The third-order valence-corrected chi connectivity index (χ3v) is 3.71. The normalized spacial score (nSPS) is 13.2. The van der Waals surface area contributed by atoms with Crippen LogP contribution < -0.4 is 10.6 Å². The van der Waals surface area contributed by atoms with Crippen molar-refractivity contribution < 1.29 is 9.18 Å². The van der Waals surface area contributed by atoms with Crippen molar-refractivity contribution >= 4 is 28.9 Å². The van der Waals surface area contributed by atoms with Crippen molar-refractivity contribution in [1.82, 2.24) is 0 Å². The average Bonchev–Trinajstić information content (AvgIpc) is 2.49. The average molecular weight is 305 g/mol. The maximum absolute atomic E-state index is 13.7. The number of fused-ring (bicyclic) bond motifs is 1. The molecule has 1 heterocycles. The molecule has 2 aromatic rings. The molecule has 1 amide bonds. The van der Waals surface area contributed by atoms with E-state index in [1.165, 1.54) is 18.2 Å². The van der Waals surface area contributed by atoms with Gasteiger partial charge < -0.3 is 10.6 Å². The zero-order valence-electron chi connectivity index (χ0n) is 11.2. The summed E-state index contributed by atoms with van der Waals surface area (Å²) in [6, 6.07) is 9.58. The van der Waals surface area contributed by atoms with E-state index < -0.39 is 11.7 Å². The number of carbonyl (C=O) groups excluding carboxylic acids is 1. The van der Waals surface area contributed by atoms with Gasteiger partial charge in [-0.1, -0.05) is 11.6 Å². The second-order valence-corrected chi connectivity index (χ2v) is 5.42. The van der Waals surface area contributed by atoms with Crippen LogP contribution in [0.25, 0.3) is 0 Å². The number of carbonyl (C=O) groups is 1. The fraction of sp³-hybridized carbons (Fsp3) is 0.188. The van der Waals surface area contributed by atoms with Crippen LogP contribution in [0.2, 0.25) is 5.02 Å². The van der Waals surface area contributed by atoms with Crippen molar-refractivity contribution in [3.05, 3.63) is 58.4 Å². The molecule has 0 fully saturated rings. The quantitative estimate of drug-likeness (QED) is 0.877. The van der Waals surface area contributed by atoms with Gasteiger partial charge in [0.05, 0.1) is 5.56 Å². The summed E-state index contributed by atoms with van der Waals surface area (Å²) in [5.74, 6) is -1.09. The Balaban J connectivity index is 1.83. The first kappa shape index (κ1) is 13.9. The van der Waals surface area contributed by atoms with Gasteiger partial charge >= 0.3 is 0 Å². The second kappa shape index (κ2) is 5.74. The third kappa shape index (κ3) is 3.00. The van der Waals surface area contributed by atoms with E-state index in [1.54, 1.807) is 6.07 Å². The largest absolute Gasteiger partial charge is 0.385 e. The molecular weight excluding hydrogens is 291 g/mol. The van der Waals surface area contributed by atoms with Crippen LogP contribution in [-0.2, 0) is 6.42 Å². The van der Waals surface area contributed by atoms with E-state index in [0.29, 0.717) is 10.7 Å². The molecule has 108 valence electrons. The summed E-state index contributed by atoms with van der Waals surface area (Å²) >= 11 is 5.80. The summed E-state index contributed by atoms with van der Waals surface area (Å²) < 4.78 is 13.7. The predicted octanol–water partition coefficient (Wildman–Crippen LogP) is 4.09. The second-order valence-electron chi connectivity index (χ2n) is 4.98. The highest BCUT2D eigenvalue weighted by atomic mass is 35.5. The molecule has 1 aliphatic rings. The minimum absolute atomic E-state index is 0.0571. The van der Waals surface area contributed by atoms with Crippen molar-refractivity contribution in [1.29, 1.82) is 0 Å². The maximum atomic E-state index is 13.7. The van der Waals surface area contributed by atoms with Gasteiger partial charge in [0, 0.05) is 22.9 Å². The molecule has 2 aromatic carbocycles. The van der Waals surface area contributed by atoms with E-state index in [0.717, 1.165) is 30.6 Å². The first-order valence-corrected chi connectivity index (χ1v) is 7.14. The number of aryl methyl sites for hydroxylation is 1. The molecule has 2 N–H and O–H groups in total. The molecule has 0 saturated carbocycles. The number of nitrogens with one attached hydrogen (secondary N) is 2. The molecule has 5 heteroatoms. The van der Waals surface area contributed by atoms with E-state index in [-0.39, 0.29) is 5.56 Å². The minimum atomic E-state index is -0.587. The van der Waals surface area contributed by atoms with Gasteiger partial charge in [0.1, 0.15) is 5.82 Å². The Morgan fingerprint density at radius 3 is 2.95 bits per heavy atom. The van der Waals surface area contributed by atoms with Gasteiger partial charge in [0.15, 0.2) is 0 Å². The summed E-state index contributed by atoms with van der Waals surface area (Å²) in [4.78, 5) is 12.1. The number of rotatable bonds is 2. The van der Waals surface area contributed by atoms with Crippen LogP contribution in [0.5, 0.6) is 0 Å². The lowest BCUT2D eigenvalue weighted by atomic mass is 10.0. The van der Waals surface area contributed by atoms with Crippen LogP contribution in [-0.4, -0.2) is 12.5 Å². The summed E-state index contributed by atoms with van der Waals surface area (Å²) in [6.45, 7) is 0.965. The number of halogens is 2. The lowest BCUT2D eigenvalue weighted by Gasteiger charge is -2.18. The zero-order valence-corrected chi connectivity index (χ0v) is 12.0. The first-order chi connectivity index (χ1) is 10.1. The van der Waals surface area contributed by atoms with Gasteiger partial charge in [0.25, 0.3) is 5.91 Å². The van der Waals surface area contributed by atoms with Crippen LogP contribution in [0, 0.1) is 5.82 Å². The zero-order chi connectivity index (χ0) is 14.8. The standard InChI is InChI=1S/C16H14ClFN2O/c17-11-3-5-14(18)13(9-11)16(21)20-12-4-6-15-10(8-12)2-1-7-19-15/h3-6,8-9,19H,1-2,7H2,(H,20,21). The molecule has 0 bridgehead atoms. The van der Waals surface area contributed by atoms with Gasteiger partial charge in [-0.3, -0.25) is 4.79 Å². The highest BCUT2D eigenvalue weighted by Crippen LogP contribution is 2.25. The molecule has 1 aliphatic heterocycles. The van der Waals surface area contributed by atoms with E-state index in [9.17, 15) is 9.18 Å². The first-order valence-electron chi connectivity index (χ1n) is 6.77. The van der Waals surface area contributed by atoms with Gasteiger partial charge in [-0.05, 0) is 54.8 Å². The van der Waals surface area contributed by atoms with Crippen LogP contribution in [0.3, 0.4) is 0 Å². The van der Waals surface area contributed by atoms with E-state index in [2.05, 4.69) is 10.6 Å². The number of amides is 1. The fourth-order valence-electron chi connectivity index (χ4n) is 2.42. The Labute approximate surface area is 127 Å². The topological polar surface area (TPSA) is 41.1 Å². The molecule has 0 atom stereocenters. The number of hydrogen-bond acceptors (Lipinski definition) is 2. The van der Waals surface area contributed by atoms with Crippen LogP contribution in [0.15, 0.2) is 36.4 Å². The number of hydrogen-bond donors (Lipinski definition) is 2. The van der Waals surface area contributed by atoms with Crippen LogP contribution in [0.4, 0.5) is 15.8 Å². The van der Waals surface area contributed by atoms with Gasteiger partial charge in [-0.25, -0.2) is 4.39 Å². The molecular formula is C16H14ClFN2O. The minimum Gasteiger partial charge on any atom is -0.385 e. The molecule has 0 radical (unpaired) electrons. The molecule has 0 saturated heterocycles. The molecule has 21 heavy (non-hydrogen) atoms. The van der Waals surface area contributed by atoms with Gasteiger partial charge in [0.2, 0.25) is 0 Å². The SMILES string of the molecule is O=C(Nc1ccc2c(c1)CCCN2)c1cc(Cl)ccc1F. The Bertz CT molecular complexity index is 703. The Hall–Kier alpha value is -2.07. The van der Waals surface area contributed by atoms with E-state index in [4.69, 9.17) is 11.6 Å².